The van der Waals surface area contributed by atoms with Crippen LogP contribution in [0, 0.1) is 16.7 Å². The molecule has 0 fully saturated rings. The predicted molar refractivity (Wildman–Crippen MR) is 135 cm³/mol. The van der Waals surface area contributed by atoms with Crippen LogP contribution in [-0.2, 0) is 17.8 Å². The number of fused-ring (bicyclic) bond motifs is 1. The molecule has 0 saturated heterocycles. The fourth-order valence-corrected chi connectivity index (χ4v) is 4.78. The quantitative estimate of drug-likeness (QED) is 0.497. The number of aromatic nitrogens is 2. The molecule has 1 aliphatic heterocycles. The number of hydrogen-bond acceptors (Lipinski definition) is 7. The molecule has 0 spiro atoms. The van der Waals surface area contributed by atoms with Crippen molar-refractivity contribution in [2.24, 2.45) is 5.41 Å². The van der Waals surface area contributed by atoms with E-state index in [1.807, 2.05) is 46.8 Å². The largest absolute Gasteiger partial charge is 0.490 e. The van der Waals surface area contributed by atoms with Gasteiger partial charge in [0.15, 0.2) is 0 Å². The molecule has 4 rings (SSSR count). The first-order valence-electron chi connectivity index (χ1n) is 12.2. The van der Waals surface area contributed by atoms with Crippen molar-refractivity contribution in [3.05, 3.63) is 53.1 Å². The Balaban J connectivity index is 1.58. The molecule has 0 saturated carbocycles. The van der Waals surface area contributed by atoms with E-state index in [4.69, 9.17) is 9.26 Å². The summed E-state index contributed by atoms with van der Waals surface area (Å²) in [4.78, 5) is 18.7. The molecule has 8 nitrogen and oxygen atoms in total. The Morgan fingerprint density at radius 3 is 2.58 bits per heavy atom. The maximum Gasteiger partial charge on any atom is 0.321 e. The molecule has 36 heavy (non-hydrogen) atoms. The Bertz CT molecular complexity index is 1300. The Morgan fingerprint density at radius 1 is 1.17 bits per heavy atom. The van der Waals surface area contributed by atoms with Crippen LogP contribution in [0.3, 0.4) is 0 Å². The van der Waals surface area contributed by atoms with Gasteiger partial charge < -0.3 is 14.4 Å². The topological polar surface area (TPSA) is 112 Å². The molecule has 2 heterocycles. The van der Waals surface area contributed by atoms with Crippen molar-refractivity contribution in [3.8, 4) is 34.7 Å². The number of aryl methyl sites for hydroxylation is 1. The van der Waals surface area contributed by atoms with Crippen molar-refractivity contribution in [2.75, 3.05) is 6.54 Å². The van der Waals surface area contributed by atoms with Crippen LogP contribution in [0.25, 0.3) is 22.8 Å². The third kappa shape index (κ3) is 5.42. The Hall–Kier alpha value is -3.70. The van der Waals surface area contributed by atoms with Gasteiger partial charge in [0.25, 0.3) is 5.89 Å². The first-order valence-corrected chi connectivity index (χ1v) is 12.2. The number of carboxylic acid groups (broad SMARTS) is 1. The molecule has 8 heteroatoms. The van der Waals surface area contributed by atoms with Crippen LogP contribution >= 0.6 is 0 Å². The summed E-state index contributed by atoms with van der Waals surface area (Å²) in [5, 5.41) is 23.6. The van der Waals surface area contributed by atoms with Gasteiger partial charge in [-0.15, -0.1) is 0 Å². The number of ether oxygens (including phenoxy) is 1. The van der Waals surface area contributed by atoms with Crippen molar-refractivity contribution in [1.82, 2.24) is 15.0 Å². The van der Waals surface area contributed by atoms with E-state index in [0.717, 1.165) is 30.5 Å². The number of aliphatic carboxylic acids is 1. The molecule has 0 aliphatic carbocycles. The Labute approximate surface area is 211 Å². The first-order chi connectivity index (χ1) is 17.1. The Morgan fingerprint density at radius 2 is 1.92 bits per heavy atom. The molecular formula is C28H32N4O4. The van der Waals surface area contributed by atoms with Gasteiger partial charge in [0.05, 0.1) is 11.7 Å². The zero-order valence-corrected chi connectivity index (χ0v) is 21.4. The third-order valence-corrected chi connectivity index (χ3v) is 6.28. The summed E-state index contributed by atoms with van der Waals surface area (Å²) in [7, 11) is 0. The van der Waals surface area contributed by atoms with E-state index in [-0.39, 0.29) is 11.5 Å². The van der Waals surface area contributed by atoms with E-state index in [2.05, 4.69) is 27.2 Å². The highest BCUT2D eigenvalue weighted by molar-refractivity contribution is 5.74. The zero-order chi connectivity index (χ0) is 26.0. The van der Waals surface area contributed by atoms with Gasteiger partial charge in [0.1, 0.15) is 17.9 Å². The second-order valence-electron chi connectivity index (χ2n) is 10.6. The van der Waals surface area contributed by atoms with Crippen molar-refractivity contribution < 1.29 is 19.2 Å². The van der Waals surface area contributed by atoms with Gasteiger partial charge in [-0.1, -0.05) is 38.1 Å². The molecule has 0 amide bonds. The van der Waals surface area contributed by atoms with Crippen molar-refractivity contribution in [2.45, 2.75) is 66.2 Å². The summed E-state index contributed by atoms with van der Waals surface area (Å²) in [6, 6.07) is 12.9. The van der Waals surface area contributed by atoms with Crippen LogP contribution in [0.4, 0.5) is 0 Å². The van der Waals surface area contributed by atoms with Crippen LogP contribution in [0.5, 0.6) is 5.75 Å². The smallest absolute Gasteiger partial charge is 0.321 e. The number of carbonyl (C=O) groups is 1. The fraction of sp³-hybridized carbons (Fsp3) is 0.429. The lowest BCUT2D eigenvalue weighted by Gasteiger charge is -2.36. The SMILES string of the molecule is CC(C)Oc1ccc(-c2nc(-c3ccc4c(c3)CCCN(C(C(=O)O)C(C)(C)C)C4)no2)cc1C#N. The molecule has 0 bridgehead atoms. The average Bonchev–Trinajstić information content (AvgIpc) is 3.20. The third-order valence-electron chi connectivity index (χ3n) is 6.28. The minimum Gasteiger partial charge on any atom is -0.490 e. The maximum atomic E-state index is 12.0. The number of nitrogens with zero attached hydrogens (tertiary/aromatic N) is 4. The van der Waals surface area contributed by atoms with E-state index in [1.54, 1.807) is 18.2 Å². The normalized spacial score (nSPS) is 15.1. The van der Waals surface area contributed by atoms with E-state index in [1.165, 1.54) is 5.56 Å². The van der Waals surface area contributed by atoms with Gasteiger partial charge in [0, 0.05) is 17.7 Å². The lowest BCUT2D eigenvalue weighted by atomic mass is 9.85. The van der Waals surface area contributed by atoms with Crippen LogP contribution < -0.4 is 4.74 Å². The highest BCUT2D eigenvalue weighted by Crippen LogP contribution is 2.32. The van der Waals surface area contributed by atoms with Gasteiger partial charge in [0.2, 0.25) is 5.82 Å². The van der Waals surface area contributed by atoms with Crippen LogP contribution in [0.1, 0.15) is 57.7 Å². The average molecular weight is 489 g/mol. The van der Waals surface area contributed by atoms with Gasteiger partial charge in [-0.3, -0.25) is 9.69 Å². The molecule has 1 aromatic heterocycles. The predicted octanol–water partition coefficient (Wildman–Crippen LogP) is 5.31. The number of benzene rings is 2. The number of hydrogen-bond donors (Lipinski definition) is 1. The van der Waals surface area contributed by atoms with Crippen LogP contribution in [0.15, 0.2) is 40.9 Å². The number of carboxylic acids is 1. The Kier molecular flexibility index (Phi) is 7.14. The summed E-state index contributed by atoms with van der Waals surface area (Å²) < 4.78 is 11.2. The number of rotatable bonds is 6. The van der Waals surface area contributed by atoms with Crippen LogP contribution in [-0.4, -0.2) is 44.8 Å². The lowest BCUT2D eigenvalue weighted by molar-refractivity contribution is -0.148. The minimum atomic E-state index is -0.787. The lowest BCUT2D eigenvalue weighted by Crippen LogP contribution is -2.49. The van der Waals surface area contributed by atoms with Crippen molar-refractivity contribution in [1.29, 1.82) is 5.26 Å². The highest BCUT2D eigenvalue weighted by atomic mass is 16.5. The molecule has 1 N–H and O–H groups in total. The maximum absolute atomic E-state index is 12.0. The first kappa shape index (κ1) is 25.4. The number of nitriles is 1. The van der Waals surface area contributed by atoms with Crippen LogP contribution in [0.2, 0.25) is 0 Å². The van der Waals surface area contributed by atoms with E-state index >= 15 is 0 Å². The molecule has 1 unspecified atom stereocenters. The molecule has 3 aromatic rings. The summed E-state index contributed by atoms with van der Waals surface area (Å²) in [6.45, 7) is 11.0. The van der Waals surface area contributed by atoms with E-state index < -0.39 is 12.0 Å². The molecular weight excluding hydrogens is 456 g/mol. The minimum absolute atomic E-state index is 0.0401. The molecule has 2 aromatic carbocycles. The highest BCUT2D eigenvalue weighted by Gasteiger charge is 2.37. The zero-order valence-electron chi connectivity index (χ0n) is 21.4. The monoisotopic (exact) mass is 488 g/mol. The van der Waals surface area contributed by atoms with Crippen molar-refractivity contribution in [3.63, 3.8) is 0 Å². The van der Waals surface area contributed by atoms with Gasteiger partial charge >= 0.3 is 5.97 Å². The molecule has 1 atom stereocenters. The molecule has 188 valence electrons. The van der Waals surface area contributed by atoms with E-state index in [9.17, 15) is 15.2 Å². The van der Waals surface area contributed by atoms with E-state index in [0.29, 0.717) is 35.1 Å². The van der Waals surface area contributed by atoms with Gasteiger partial charge in [-0.2, -0.15) is 10.2 Å². The molecule has 1 aliphatic rings. The standard InChI is InChI=1S/C28H32N4O4/c1-17(2)35-23-11-10-20(14-22(23)15-29)26-30-25(31-36-26)19-8-9-21-16-32(12-6-7-18(21)13-19)24(27(33)34)28(3,4)5/h8-11,13-14,17,24H,6-7,12,16H2,1-5H3,(H,33,34). The molecule has 0 radical (unpaired) electrons. The van der Waals surface area contributed by atoms with Crippen molar-refractivity contribution >= 4 is 5.97 Å². The summed E-state index contributed by atoms with van der Waals surface area (Å²) in [5.41, 5.74) is 3.81. The van der Waals surface area contributed by atoms with Gasteiger partial charge in [-0.25, -0.2) is 0 Å². The fourth-order valence-electron chi connectivity index (χ4n) is 4.78. The van der Waals surface area contributed by atoms with Gasteiger partial charge in [-0.05, 0) is 74.0 Å². The summed E-state index contributed by atoms with van der Waals surface area (Å²) in [6.07, 6.45) is 1.68. The second kappa shape index (κ2) is 10.1. The summed E-state index contributed by atoms with van der Waals surface area (Å²) in [5.74, 6) is 0.527. The summed E-state index contributed by atoms with van der Waals surface area (Å²) >= 11 is 0. The second-order valence-corrected chi connectivity index (χ2v) is 10.6.